The van der Waals surface area contributed by atoms with Crippen molar-refractivity contribution in [2.45, 2.75) is 46.4 Å². The lowest BCUT2D eigenvalue weighted by Crippen LogP contribution is -2.49. The molecule has 2 atom stereocenters. The number of nitrogens with zero attached hydrogens (tertiary/aromatic N) is 2. The second kappa shape index (κ2) is 7.08. The van der Waals surface area contributed by atoms with Crippen LogP contribution in [0.5, 0.6) is 0 Å². The van der Waals surface area contributed by atoms with Gasteiger partial charge in [-0.2, -0.15) is 9.40 Å². The highest BCUT2D eigenvalue weighted by molar-refractivity contribution is 7.89. The lowest BCUT2D eigenvalue weighted by atomic mass is 10.2. The number of rotatable bonds is 6. The van der Waals surface area contributed by atoms with Crippen molar-refractivity contribution in [3.8, 4) is 0 Å². The molecule has 1 aromatic heterocycles. The third kappa shape index (κ3) is 4.28. The number of aromatic nitrogens is 2. The van der Waals surface area contributed by atoms with E-state index in [0.717, 1.165) is 17.0 Å². The SMILES string of the molecule is Cc1n[nH]c(C)c1CNCCS(=O)(=O)N1C[C@H](C)O[C@@H](C)C1. The first-order valence-electron chi connectivity index (χ1n) is 7.64. The van der Waals surface area contributed by atoms with E-state index in [9.17, 15) is 8.42 Å². The summed E-state index contributed by atoms with van der Waals surface area (Å²) in [7, 11) is -3.24. The molecule has 1 aliphatic rings. The molecule has 126 valence electrons. The highest BCUT2D eigenvalue weighted by atomic mass is 32.2. The molecule has 1 aliphatic heterocycles. The molecule has 0 amide bonds. The van der Waals surface area contributed by atoms with Crippen LogP contribution in [0.25, 0.3) is 0 Å². The van der Waals surface area contributed by atoms with Gasteiger partial charge in [-0.25, -0.2) is 8.42 Å². The zero-order valence-corrected chi connectivity index (χ0v) is 14.5. The van der Waals surface area contributed by atoms with Gasteiger partial charge < -0.3 is 10.1 Å². The first-order valence-corrected chi connectivity index (χ1v) is 9.25. The van der Waals surface area contributed by atoms with E-state index >= 15 is 0 Å². The summed E-state index contributed by atoms with van der Waals surface area (Å²) < 4.78 is 31.9. The van der Waals surface area contributed by atoms with Gasteiger partial charge in [0.2, 0.25) is 10.0 Å². The van der Waals surface area contributed by atoms with Crippen LogP contribution in [0.2, 0.25) is 0 Å². The average Bonchev–Trinajstić information content (AvgIpc) is 2.73. The minimum atomic E-state index is -3.24. The van der Waals surface area contributed by atoms with Crippen molar-refractivity contribution in [1.29, 1.82) is 0 Å². The van der Waals surface area contributed by atoms with Gasteiger partial charge in [0.05, 0.1) is 23.7 Å². The second-order valence-corrected chi connectivity index (χ2v) is 8.07. The maximum Gasteiger partial charge on any atom is 0.215 e. The van der Waals surface area contributed by atoms with Gasteiger partial charge in [-0.15, -0.1) is 0 Å². The second-order valence-electron chi connectivity index (χ2n) is 5.98. The van der Waals surface area contributed by atoms with Crippen LogP contribution >= 0.6 is 0 Å². The number of aromatic amines is 1. The van der Waals surface area contributed by atoms with E-state index in [4.69, 9.17) is 4.74 Å². The van der Waals surface area contributed by atoms with Crippen LogP contribution < -0.4 is 5.32 Å². The Balaban J connectivity index is 1.83. The van der Waals surface area contributed by atoms with Crippen LogP contribution in [0, 0.1) is 13.8 Å². The smallest absolute Gasteiger partial charge is 0.215 e. The van der Waals surface area contributed by atoms with E-state index in [1.165, 1.54) is 0 Å². The number of hydrogen-bond donors (Lipinski definition) is 2. The van der Waals surface area contributed by atoms with Crippen LogP contribution in [-0.2, 0) is 21.3 Å². The van der Waals surface area contributed by atoms with Gasteiger partial charge in [-0.05, 0) is 27.7 Å². The van der Waals surface area contributed by atoms with E-state index < -0.39 is 10.0 Å². The van der Waals surface area contributed by atoms with Crippen LogP contribution in [0.15, 0.2) is 0 Å². The van der Waals surface area contributed by atoms with Crippen molar-refractivity contribution in [3.05, 3.63) is 17.0 Å². The summed E-state index contributed by atoms with van der Waals surface area (Å²) in [6, 6.07) is 0. The predicted molar refractivity (Wildman–Crippen MR) is 85.1 cm³/mol. The van der Waals surface area contributed by atoms with E-state index in [2.05, 4.69) is 15.5 Å². The molecular formula is C14H26N4O3S. The normalized spacial score (nSPS) is 23.8. The minimum absolute atomic E-state index is 0.0530. The molecule has 0 bridgehead atoms. The summed E-state index contributed by atoms with van der Waals surface area (Å²) in [4.78, 5) is 0. The fraction of sp³-hybridized carbons (Fsp3) is 0.786. The molecule has 0 unspecified atom stereocenters. The largest absolute Gasteiger partial charge is 0.373 e. The van der Waals surface area contributed by atoms with Gasteiger partial charge in [-0.3, -0.25) is 5.10 Å². The van der Waals surface area contributed by atoms with Gasteiger partial charge in [0.15, 0.2) is 0 Å². The van der Waals surface area contributed by atoms with Crippen molar-refractivity contribution in [3.63, 3.8) is 0 Å². The summed E-state index contributed by atoms with van der Waals surface area (Å²) in [5, 5.41) is 10.2. The molecule has 1 aromatic rings. The van der Waals surface area contributed by atoms with Crippen molar-refractivity contribution in [2.75, 3.05) is 25.4 Å². The molecule has 0 saturated carbocycles. The van der Waals surface area contributed by atoms with E-state index in [1.807, 2.05) is 27.7 Å². The third-order valence-corrected chi connectivity index (χ3v) is 5.70. The predicted octanol–water partition coefficient (Wildman–Crippen LogP) is 0.555. The summed E-state index contributed by atoms with van der Waals surface area (Å²) in [5.74, 6) is 0.0996. The van der Waals surface area contributed by atoms with Crippen LogP contribution in [0.3, 0.4) is 0 Å². The molecule has 1 fully saturated rings. The number of sulfonamides is 1. The van der Waals surface area contributed by atoms with Crippen molar-refractivity contribution in [2.24, 2.45) is 0 Å². The Morgan fingerprint density at radius 1 is 1.32 bits per heavy atom. The maximum atomic E-state index is 12.4. The Morgan fingerprint density at radius 3 is 2.50 bits per heavy atom. The van der Waals surface area contributed by atoms with Gasteiger partial charge in [0, 0.05) is 37.4 Å². The first-order chi connectivity index (χ1) is 10.3. The Labute approximate surface area is 132 Å². The minimum Gasteiger partial charge on any atom is -0.373 e. The van der Waals surface area contributed by atoms with E-state index in [1.54, 1.807) is 4.31 Å². The molecule has 0 aliphatic carbocycles. The van der Waals surface area contributed by atoms with Crippen molar-refractivity contribution < 1.29 is 13.2 Å². The van der Waals surface area contributed by atoms with Crippen LogP contribution in [0.1, 0.15) is 30.8 Å². The Morgan fingerprint density at radius 2 is 1.95 bits per heavy atom. The number of aryl methyl sites for hydroxylation is 2. The Kier molecular flexibility index (Phi) is 5.60. The van der Waals surface area contributed by atoms with Crippen molar-refractivity contribution in [1.82, 2.24) is 19.8 Å². The quantitative estimate of drug-likeness (QED) is 0.744. The molecule has 7 nitrogen and oxygen atoms in total. The molecule has 2 heterocycles. The number of nitrogens with one attached hydrogen (secondary N) is 2. The van der Waals surface area contributed by atoms with Crippen molar-refractivity contribution >= 4 is 10.0 Å². The lowest BCUT2D eigenvalue weighted by molar-refractivity contribution is -0.0440. The monoisotopic (exact) mass is 330 g/mol. The number of ether oxygens (including phenoxy) is 1. The molecule has 8 heteroatoms. The van der Waals surface area contributed by atoms with E-state index in [0.29, 0.717) is 26.2 Å². The van der Waals surface area contributed by atoms with Gasteiger partial charge in [0.25, 0.3) is 0 Å². The van der Waals surface area contributed by atoms with E-state index in [-0.39, 0.29) is 18.0 Å². The molecule has 0 aromatic carbocycles. The molecule has 2 rings (SSSR count). The molecule has 0 radical (unpaired) electrons. The fourth-order valence-corrected chi connectivity index (χ4v) is 4.27. The summed E-state index contributed by atoms with van der Waals surface area (Å²) in [5.41, 5.74) is 3.07. The molecule has 2 N–H and O–H groups in total. The number of hydrogen-bond acceptors (Lipinski definition) is 5. The molecule has 22 heavy (non-hydrogen) atoms. The highest BCUT2D eigenvalue weighted by Crippen LogP contribution is 2.14. The molecule has 1 saturated heterocycles. The standard InChI is InChI=1S/C14H26N4O3S/c1-10-8-18(9-11(2)21-10)22(19,20)6-5-15-7-14-12(3)16-17-13(14)4/h10-11,15H,5-9H2,1-4H3,(H,16,17)/t10-,11-/m0/s1. The Bertz CT molecular complexity index is 570. The average molecular weight is 330 g/mol. The molecule has 0 spiro atoms. The summed E-state index contributed by atoms with van der Waals surface area (Å²) in [6.07, 6.45) is -0.106. The topological polar surface area (TPSA) is 87.3 Å². The number of H-pyrrole nitrogens is 1. The molecular weight excluding hydrogens is 304 g/mol. The van der Waals surface area contributed by atoms with Gasteiger partial charge >= 0.3 is 0 Å². The fourth-order valence-electron chi connectivity index (χ4n) is 2.74. The summed E-state index contributed by atoms with van der Waals surface area (Å²) in [6.45, 7) is 9.63. The summed E-state index contributed by atoms with van der Waals surface area (Å²) >= 11 is 0. The highest BCUT2D eigenvalue weighted by Gasteiger charge is 2.30. The lowest BCUT2D eigenvalue weighted by Gasteiger charge is -2.34. The maximum absolute atomic E-state index is 12.4. The van der Waals surface area contributed by atoms with Gasteiger partial charge in [0.1, 0.15) is 0 Å². The third-order valence-electron chi connectivity index (χ3n) is 3.90. The number of morpholine rings is 1. The zero-order chi connectivity index (χ0) is 16.3. The van der Waals surface area contributed by atoms with Gasteiger partial charge in [-0.1, -0.05) is 0 Å². The van der Waals surface area contributed by atoms with Crippen LogP contribution in [0.4, 0.5) is 0 Å². The first kappa shape index (κ1) is 17.4. The zero-order valence-electron chi connectivity index (χ0n) is 13.7. The Hall–Kier alpha value is -0.960. The van der Waals surface area contributed by atoms with Crippen LogP contribution in [-0.4, -0.2) is 60.5 Å².